The molecule has 1 N–H and O–H groups in total. The fraction of sp³-hybridized carbons (Fsp3) is 0.235. The van der Waals surface area contributed by atoms with Crippen LogP contribution in [0.4, 0.5) is 5.69 Å². The van der Waals surface area contributed by atoms with Gasteiger partial charge in [0.15, 0.2) is 0 Å². The van der Waals surface area contributed by atoms with E-state index in [9.17, 15) is 13.2 Å². The van der Waals surface area contributed by atoms with Crippen LogP contribution < -0.4 is 5.32 Å². The van der Waals surface area contributed by atoms with E-state index in [1.807, 2.05) is 17.5 Å². The van der Waals surface area contributed by atoms with Gasteiger partial charge >= 0.3 is 0 Å². The molecule has 24 heavy (non-hydrogen) atoms. The number of benzene rings is 1. The number of nitrogens with one attached hydrogen (secondary N) is 1. The maximum atomic E-state index is 12.4. The van der Waals surface area contributed by atoms with Crippen LogP contribution in [0.2, 0.25) is 0 Å². The van der Waals surface area contributed by atoms with Crippen LogP contribution in [0.3, 0.4) is 0 Å². The van der Waals surface area contributed by atoms with Crippen LogP contribution in [0.15, 0.2) is 52.7 Å². The molecule has 5 nitrogen and oxygen atoms in total. The number of rotatable bonds is 7. The Kier molecular flexibility index (Phi) is 6.30. The van der Waals surface area contributed by atoms with Crippen molar-refractivity contribution >= 4 is 39.0 Å². The molecule has 0 radical (unpaired) electrons. The molecule has 1 amide bonds. The van der Waals surface area contributed by atoms with Gasteiger partial charge in [0, 0.05) is 29.7 Å². The quantitative estimate of drug-likeness (QED) is 0.766. The first kappa shape index (κ1) is 18.4. The number of nitrogens with zero attached hydrogens (tertiary/aromatic N) is 1. The first-order chi connectivity index (χ1) is 11.5. The van der Waals surface area contributed by atoms with Gasteiger partial charge in [-0.2, -0.15) is 4.31 Å². The fourth-order valence-electron chi connectivity index (χ4n) is 2.15. The molecule has 0 atom stereocenters. The summed E-state index contributed by atoms with van der Waals surface area (Å²) in [6.07, 6.45) is 3.19. The van der Waals surface area contributed by atoms with Crippen LogP contribution in [0.25, 0.3) is 6.08 Å². The van der Waals surface area contributed by atoms with Crippen LogP contribution in [0.5, 0.6) is 0 Å². The number of sulfonamides is 1. The van der Waals surface area contributed by atoms with Gasteiger partial charge in [0.25, 0.3) is 0 Å². The maximum Gasteiger partial charge on any atom is 0.248 e. The predicted molar refractivity (Wildman–Crippen MR) is 98.5 cm³/mol. The minimum absolute atomic E-state index is 0.221. The van der Waals surface area contributed by atoms with Crippen LogP contribution in [-0.2, 0) is 14.8 Å². The summed E-state index contributed by atoms with van der Waals surface area (Å²) in [6, 6.07) is 10.0. The number of thiophene rings is 1. The molecule has 2 aromatic rings. The second-order valence-electron chi connectivity index (χ2n) is 4.95. The van der Waals surface area contributed by atoms with Gasteiger partial charge < -0.3 is 5.32 Å². The summed E-state index contributed by atoms with van der Waals surface area (Å²) in [5.74, 6) is -0.261. The Hall–Kier alpha value is -1.96. The third-order valence-electron chi connectivity index (χ3n) is 3.41. The monoisotopic (exact) mass is 364 g/mol. The fourth-order valence-corrected chi connectivity index (χ4v) is 4.23. The molecule has 0 aliphatic heterocycles. The third kappa shape index (κ3) is 4.53. The first-order valence-corrected chi connectivity index (χ1v) is 9.92. The standard InChI is InChI=1S/C17H20N2O3S2/c1-3-19(4-2)24(21,22)16-10-7-14(8-11-16)18-17(20)12-9-15-6-5-13-23-15/h5-13H,3-4H2,1-2H3,(H,18,20). The Balaban J connectivity index is 2.05. The number of amides is 1. The highest BCUT2D eigenvalue weighted by atomic mass is 32.2. The average Bonchev–Trinajstić information content (AvgIpc) is 3.08. The van der Waals surface area contributed by atoms with E-state index < -0.39 is 10.0 Å². The molecular weight excluding hydrogens is 344 g/mol. The zero-order valence-corrected chi connectivity index (χ0v) is 15.2. The van der Waals surface area contributed by atoms with Crippen LogP contribution in [0.1, 0.15) is 18.7 Å². The van der Waals surface area contributed by atoms with Gasteiger partial charge in [-0.1, -0.05) is 19.9 Å². The van der Waals surface area contributed by atoms with Gasteiger partial charge in [-0.05, 0) is 41.8 Å². The molecule has 0 bridgehead atoms. The molecule has 0 saturated carbocycles. The van der Waals surface area contributed by atoms with Crippen molar-refractivity contribution in [3.05, 3.63) is 52.7 Å². The van der Waals surface area contributed by atoms with Crippen LogP contribution >= 0.6 is 11.3 Å². The zero-order chi connectivity index (χ0) is 17.6. The Bertz CT molecular complexity index is 791. The van der Waals surface area contributed by atoms with Crippen molar-refractivity contribution in [1.82, 2.24) is 4.31 Å². The first-order valence-electron chi connectivity index (χ1n) is 7.60. The minimum atomic E-state index is -3.48. The molecule has 2 rings (SSSR count). The summed E-state index contributed by atoms with van der Waals surface area (Å²) in [7, 11) is -3.48. The van der Waals surface area contributed by atoms with Crippen LogP contribution in [-0.4, -0.2) is 31.7 Å². The van der Waals surface area contributed by atoms with Crippen molar-refractivity contribution in [3.63, 3.8) is 0 Å². The number of anilines is 1. The van der Waals surface area contributed by atoms with E-state index in [4.69, 9.17) is 0 Å². The van der Waals surface area contributed by atoms with E-state index in [2.05, 4.69) is 5.32 Å². The highest BCUT2D eigenvalue weighted by Crippen LogP contribution is 2.18. The Morgan fingerprint density at radius 2 is 1.83 bits per heavy atom. The number of carbonyl (C=O) groups excluding carboxylic acids is 1. The summed E-state index contributed by atoms with van der Waals surface area (Å²) < 4.78 is 26.2. The number of hydrogen-bond acceptors (Lipinski definition) is 4. The van der Waals surface area contributed by atoms with Crippen molar-refractivity contribution in [3.8, 4) is 0 Å². The molecule has 7 heteroatoms. The van der Waals surface area contributed by atoms with Gasteiger partial charge in [-0.15, -0.1) is 11.3 Å². The summed E-state index contributed by atoms with van der Waals surface area (Å²) in [4.78, 5) is 13.1. The average molecular weight is 364 g/mol. The van der Waals surface area contributed by atoms with Crippen molar-refractivity contribution in [2.45, 2.75) is 18.7 Å². The lowest BCUT2D eigenvalue weighted by Gasteiger charge is -2.18. The van der Waals surface area contributed by atoms with Gasteiger partial charge in [0.2, 0.25) is 15.9 Å². The zero-order valence-electron chi connectivity index (χ0n) is 13.6. The van der Waals surface area contributed by atoms with Crippen LogP contribution in [0, 0.1) is 0 Å². The second kappa shape index (κ2) is 8.23. The molecule has 0 aliphatic carbocycles. The third-order valence-corrected chi connectivity index (χ3v) is 6.31. The van der Waals surface area contributed by atoms with Gasteiger partial charge in [0.05, 0.1) is 4.90 Å². The van der Waals surface area contributed by atoms with Crippen molar-refractivity contribution < 1.29 is 13.2 Å². The van der Waals surface area contributed by atoms with Crippen molar-refractivity contribution in [1.29, 1.82) is 0 Å². The normalized spacial score (nSPS) is 12.0. The summed E-state index contributed by atoms with van der Waals surface area (Å²) in [5, 5.41) is 4.65. The molecule has 0 spiro atoms. The van der Waals surface area contributed by atoms with Crippen molar-refractivity contribution in [2.75, 3.05) is 18.4 Å². The van der Waals surface area contributed by atoms with Gasteiger partial charge in [-0.3, -0.25) is 4.79 Å². The summed E-state index contributed by atoms with van der Waals surface area (Å²) in [6.45, 7) is 4.45. The van der Waals surface area contributed by atoms with E-state index in [0.717, 1.165) is 4.88 Å². The highest BCUT2D eigenvalue weighted by molar-refractivity contribution is 7.89. The molecule has 1 aromatic heterocycles. The lowest BCUT2D eigenvalue weighted by molar-refractivity contribution is -0.111. The Morgan fingerprint density at radius 3 is 2.38 bits per heavy atom. The van der Waals surface area contributed by atoms with E-state index in [-0.39, 0.29) is 10.8 Å². The molecule has 0 fully saturated rings. The molecule has 128 valence electrons. The summed E-state index contributed by atoms with van der Waals surface area (Å²) >= 11 is 1.54. The second-order valence-corrected chi connectivity index (χ2v) is 7.87. The Morgan fingerprint density at radius 1 is 1.17 bits per heavy atom. The van der Waals surface area contributed by atoms with E-state index in [1.54, 1.807) is 43.4 Å². The number of carbonyl (C=O) groups is 1. The molecule has 0 saturated heterocycles. The molecular formula is C17H20N2O3S2. The molecule has 1 heterocycles. The van der Waals surface area contributed by atoms with E-state index in [1.165, 1.54) is 22.5 Å². The molecule has 0 aliphatic rings. The smallest absolute Gasteiger partial charge is 0.248 e. The van der Waals surface area contributed by atoms with E-state index >= 15 is 0 Å². The van der Waals surface area contributed by atoms with E-state index in [0.29, 0.717) is 18.8 Å². The minimum Gasteiger partial charge on any atom is -0.323 e. The number of hydrogen-bond donors (Lipinski definition) is 1. The van der Waals surface area contributed by atoms with Gasteiger partial charge in [-0.25, -0.2) is 8.42 Å². The van der Waals surface area contributed by atoms with Crippen molar-refractivity contribution in [2.24, 2.45) is 0 Å². The lowest BCUT2D eigenvalue weighted by atomic mass is 10.3. The molecule has 1 aromatic carbocycles. The lowest BCUT2D eigenvalue weighted by Crippen LogP contribution is -2.30. The summed E-state index contributed by atoms with van der Waals surface area (Å²) in [5.41, 5.74) is 0.550. The predicted octanol–water partition coefficient (Wildman–Crippen LogP) is 3.43. The SMILES string of the molecule is CCN(CC)S(=O)(=O)c1ccc(NC(=O)C=Cc2cccs2)cc1. The topological polar surface area (TPSA) is 66.5 Å². The van der Waals surface area contributed by atoms with Gasteiger partial charge in [0.1, 0.15) is 0 Å². The molecule has 0 unspecified atom stereocenters. The highest BCUT2D eigenvalue weighted by Gasteiger charge is 2.21. The Labute approximate surface area is 146 Å². The largest absolute Gasteiger partial charge is 0.323 e. The maximum absolute atomic E-state index is 12.4.